The Morgan fingerprint density at radius 3 is 1.86 bits per heavy atom. The molecule has 218 valence electrons. The van der Waals surface area contributed by atoms with Crippen LogP contribution in [0.4, 0.5) is 0 Å². The molecule has 0 aliphatic heterocycles. The zero-order chi connectivity index (χ0) is 30.1. The Bertz CT molecular complexity index is 1810. The van der Waals surface area contributed by atoms with Crippen LogP contribution in [0.1, 0.15) is 45.4 Å². The number of hydrogen-bond donors (Lipinski definition) is 0. The number of aromatic nitrogens is 4. The van der Waals surface area contributed by atoms with E-state index in [9.17, 15) is 4.79 Å². The summed E-state index contributed by atoms with van der Waals surface area (Å²) in [5.74, 6) is 0.325. The average molecular weight is 581 g/mol. The predicted octanol–water partition coefficient (Wildman–Crippen LogP) is 6.86. The lowest BCUT2D eigenvalue weighted by Gasteiger charge is -2.36. The predicted molar refractivity (Wildman–Crippen MR) is 169 cm³/mol. The maximum absolute atomic E-state index is 13.2. The molecule has 0 amide bonds. The molecule has 44 heavy (non-hydrogen) atoms. The monoisotopic (exact) mass is 580 g/mol. The molecule has 0 saturated heterocycles. The van der Waals surface area contributed by atoms with Crippen LogP contribution < -0.4 is 4.74 Å². The number of esters is 1. The van der Waals surface area contributed by atoms with Crippen LogP contribution in [0.5, 0.6) is 5.75 Å². The molecule has 0 atom stereocenters. The number of nitrogens with zero attached hydrogens (tertiary/aromatic N) is 4. The molecule has 4 aromatic carbocycles. The molecule has 7 rings (SSSR count). The third-order valence-electron chi connectivity index (χ3n) is 8.35. The highest BCUT2D eigenvalue weighted by atomic mass is 16.5. The Hall–Kier alpha value is -5.43. The minimum Gasteiger partial charge on any atom is -0.497 e. The summed E-state index contributed by atoms with van der Waals surface area (Å²) in [4.78, 5) is 13.2. The van der Waals surface area contributed by atoms with E-state index in [1.807, 2.05) is 54.1 Å². The van der Waals surface area contributed by atoms with Gasteiger partial charge in [0.25, 0.3) is 0 Å². The number of methoxy groups -OCH3 is 1. The molecule has 0 unspecified atom stereocenters. The number of ether oxygens (including phenoxy) is 2. The van der Waals surface area contributed by atoms with Gasteiger partial charge in [-0.1, -0.05) is 91.0 Å². The van der Waals surface area contributed by atoms with Crippen LogP contribution in [-0.2, 0) is 23.1 Å². The van der Waals surface area contributed by atoms with E-state index in [2.05, 4.69) is 83.7 Å². The third-order valence-corrected chi connectivity index (χ3v) is 8.35. The zero-order valence-corrected chi connectivity index (χ0v) is 24.7. The van der Waals surface area contributed by atoms with Gasteiger partial charge in [-0.3, -0.25) is 4.68 Å². The molecular formula is C37H32N4O3. The van der Waals surface area contributed by atoms with Gasteiger partial charge in [0.1, 0.15) is 11.3 Å². The number of aryl methyl sites for hydroxylation is 1. The summed E-state index contributed by atoms with van der Waals surface area (Å²) in [6, 6.07) is 39.2. The van der Waals surface area contributed by atoms with Crippen molar-refractivity contribution in [2.45, 2.75) is 25.3 Å². The number of carbonyl (C=O) groups is 1. The molecule has 0 spiro atoms. The molecule has 2 aromatic heterocycles. The van der Waals surface area contributed by atoms with E-state index in [0.29, 0.717) is 18.5 Å². The summed E-state index contributed by atoms with van der Waals surface area (Å²) >= 11 is 0. The molecule has 0 saturated carbocycles. The van der Waals surface area contributed by atoms with Crippen molar-refractivity contribution in [3.63, 3.8) is 0 Å². The Balaban J connectivity index is 1.51. The molecule has 0 fully saturated rings. The molecule has 1 aliphatic rings. The normalized spacial score (nSPS) is 12.3. The van der Waals surface area contributed by atoms with Crippen LogP contribution in [0.25, 0.3) is 16.9 Å². The SMILES string of the molecule is CCOC(=O)c1nn(-c2ccc(OC)cc2)c2c1CCc1nn(C(c3ccccc3)(c3ccccc3)c3ccccc3)cc1-2. The van der Waals surface area contributed by atoms with Gasteiger partial charge in [-0.15, -0.1) is 0 Å². The number of rotatable bonds is 8. The summed E-state index contributed by atoms with van der Waals surface area (Å²) in [5.41, 5.74) is 7.30. The first-order valence-electron chi connectivity index (χ1n) is 14.8. The maximum atomic E-state index is 13.2. The van der Waals surface area contributed by atoms with E-state index in [1.54, 1.807) is 7.11 Å². The second kappa shape index (κ2) is 11.3. The molecule has 0 bridgehead atoms. The number of carbonyl (C=O) groups excluding carboxylic acids is 1. The number of benzene rings is 4. The second-order valence-corrected chi connectivity index (χ2v) is 10.7. The van der Waals surface area contributed by atoms with Gasteiger partial charge in [0.2, 0.25) is 0 Å². The molecule has 6 aromatic rings. The van der Waals surface area contributed by atoms with Crippen LogP contribution in [0, 0.1) is 0 Å². The van der Waals surface area contributed by atoms with Crippen LogP contribution in [0.3, 0.4) is 0 Å². The van der Waals surface area contributed by atoms with Crippen LogP contribution in [-0.4, -0.2) is 39.2 Å². The van der Waals surface area contributed by atoms with Crippen molar-refractivity contribution in [3.8, 4) is 22.7 Å². The van der Waals surface area contributed by atoms with E-state index in [0.717, 1.165) is 50.6 Å². The van der Waals surface area contributed by atoms with E-state index in [4.69, 9.17) is 19.7 Å². The Morgan fingerprint density at radius 2 is 1.34 bits per heavy atom. The van der Waals surface area contributed by atoms with E-state index >= 15 is 0 Å². The lowest BCUT2D eigenvalue weighted by atomic mass is 9.77. The fourth-order valence-electron chi connectivity index (χ4n) is 6.38. The van der Waals surface area contributed by atoms with Crippen molar-refractivity contribution < 1.29 is 14.3 Å². The molecule has 2 heterocycles. The Kier molecular flexibility index (Phi) is 7.06. The van der Waals surface area contributed by atoms with Gasteiger partial charge >= 0.3 is 5.97 Å². The van der Waals surface area contributed by atoms with Gasteiger partial charge < -0.3 is 9.47 Å². The zero-order valence-electron chi connectivity index (χ0n) is 24.7. The third kappa shape index (κ3) is 4.40. The van der Waals surface area contributed by atoms with Gasteiger partial charge in [-0.25, -0.2) is 9.48 Å². The van der Waals surface area contributed by atoms with Gasteiger partial charge in [0.05, 0.1) is 30.8 Å². The molecule has 7 heteroatoms. The highest BCUT2D eigenvalue weighted by Gasteiger charge is 2.41. The molecule has 0 N–H and O–H groups in total. The summed E-state index contributed by atoms with van der Waals surface area (Å²) in [5, 5.41) is 10.2. The number of fused-ring (bicyclic) bond motifs is 3. The molecule has 1 aliphatic carbocycles. The minimum atomic E-state index is -0.754. The number of hydrogen-bond acceptors (Lipinski definition) is 5. The smallest absolute Gasteiger partial charge is 0.359 e. The van der Waals surface area contributed by atoms with Crippen molar-refractivity contribution in [1.82, 2.24) is 19.6 Å². The lowest BCUT2D eigenvalue weighted by Crippen LogP contribution is -2.38. The van der Waals surface area contributed by atoms with Gasteiger partial charge in [-0.05, 0) is 60.7 Å². The van der Waals surface area contributed by atoms with Crippen molar-refractivity contribution in [2.24, 2.45) is 0 Å². The Labute approximate surface area is 256 Å². The topological polar surface area (TPSA) is 71.2 Å². The highest BCUT2D eigenvalue weighted by molar-refractivity contribution is 5.92. The first-order chi connectivity index (χ1) is 21.6. The largest absolute Gasteiger partial charge is 0.497 e. The molecule has 0 radical (unpaired) electrons. The van der Waals surface area contributed by atoms with E-state index in [-0.39, 0.29) is 6.61 Å². The summed E-state index contributed by atoms with van der Waals surface area (Å²) < 4.78 is 14.8. The quantitative estimate of drug-likeness (QED) is 0.145. The fourth-order valence-corrected chi connectivity index (χ4v) is 6.38. The van der Waals surface area contributed by atoms with Gasteiger partial charge in [0, 0.05) is 17.3 Å². The maximum Gasteiger partial charge on any atom is 0.359 e. The second-order valence-electron chi connectivity index (χ2n) is 10.7. The van der Waals surface area contributed by atoms with Crippen LogP contribution >= 0.6 is 0 Å². The Morgan fingerprint density at radius 1 is 0.773 bits per heavy atom. The molecule has 7 nitrogen and oxygen atoms in total. The first kappa shape index (κ1) is 27.4. The first-order valence-corrected chi connectivity index (χ1v) is 14.8. The lowest BCUT2D eigenvalue weighted by molar-refractivity contribution is 0.0517. The van der Waals surface area contributed by atoms with E-state index < -0.39 is 11.5 Å². The van der Waals surface area contributed by atoms with Gasteiger partial charge in [0.15, 0.2) is 5.69 Å². The average Bonchev–Trinajstić information content (AvgIpc) is 3.69. The minimum absolute atomic E-state index is 0.278. The van der Waals surface area contributed by atoms with Crippen LogP contribution in [0.15, 0.2) is 121 Å². The van der Waals surface area contributed by atoms with E-state index in [1.165, 1.54) is 0 Å². The summed E-state index contributed by atoms with van der Waals surface area (Å²) in [6.07, 6.45) is 3.42. The van der Waals surface area contributed by atoms with Crippen molar-refractivity contribution in [1.29, 1.82) is 0 Å². The standard InChI is InChI=1S/C37H32N4O3/c1-3-44-36(42)34-31-23-24-33-32(35(31)41(39-34)29-19-21-30(43-2)22-20-29)25-40(38-33)37(26-13-7-4-8-14-26,27-15-9-5-10-16-27)28-17-11-6-12-18-28/h4-22,25H,3,23-24H2,1-2H3. The van der Waals surface area contributed by atoms with Crippen LogP contribution in [0.2, 0.25) is 0 Å². The summed E-state index contributed by atoms with van der Waals surface area (Å²) in [7, 11) is 1.64. The van der Waals surface area contributed by atoms with Gasteiger partial charge in [-0.2, -0.15) is 10.2 Å². The van der Waals surface area contributed by atoms with Crippen molar-refractivity contribution in [3.05, 3.63) is 155 Å². The van der Waals surface area contributed by atoms with Crippen molar-refractivity contribution in [2.75, 3.05) is 13.7 Å². The molecular weight excluding hydrogens is 548 g/mol. The highest BCUT2D eigenvalue weighted by Crippen LogP contribution is 2.44. The fraction of sp³-hybridized carbons (Fsp3) is 0.162. The summed E-state index contributed by atoms with van der Waals surface area (Å²) in [6.45, 7) is 2.09. The van der Waals surface area contributed by atoms with Crippen molar-refractivity contribution >= 4 is 5.97 Å².